The first-order chi connectivity index (χ1) is 9.63. The number of benzene rings is 1. The van der Waals surface area contributed by atoms with Gasteiger partial charge in [-0.1, -0.05) is 30.3 Å². The molecular weight excluding hydrogens is 250 g/mol. The molecule has 1 unspecified atom stereocenters. The van der Waals surface area contributed by atoms with Crippen molar-refractivity contribution in [1.29, 1.82) is 0 Å². The molecule has 0 bridgehead atoms. The monoisotopic (exact) mass is 269 g/mol. The zero-order valence-electron chi connectivity index (χ0n) is 11.5. The van der Waals surface area contributed by atoms with Crippen molar-refractivity contribution in [2.75, 3.05) is 6.54 Å². The fraction of sp³-hybridized carbons (Fsp3) is 0.250. The van der Waals surface area contributed by atoms with Gasteiger partial charge in [0.15, 0.2) is 0 Å². The van der Waals surface area contributed by atoms with Crippen molar-refractivity contribution in [1.82, 2.24) is 10.3 Å². The largest absolute Gasteiger partial charge is 0.368 e. The quantitative estimate of drug-likeness (QED) is 0.837. The van der Waals surface area contributed by atoms with E-state index < -0.39 is 5.54 Å². The van der Waals surface area contributed by atoms with Crippen LogP contribution in [0.4, 0.5) is 0 Å². The highest BCUT2D eigenvalue weighted by Gasteiger charge is 2.32. The van der Waals surface area contributed by atoms with Crippen LogP contribution in [-0.2, 0) is 16.8 Å². The van der Waals surface area contributed by atoms with E-state index in [1.807, 2.05) is 49.4 Å². The number of amides is 1. The summed E-state index contributed by atoms with van der Waals surface area (Å²) in [4.78, 5) is 15.8. The van der Waals surface area contributed by atoms with Crippen molar-refractivity contribution in [3.05, 3.63) is 66.0 Å². The number of nitrogens with two attached hydrogens (primary N) is 1. The van der Waals surface area contributed by atoms with Crippen LogP contribution in [-0.4, -0.2) is 17.4 Å². The van der Waals surface area contributed by atoms with E-state index in [9.17, 15) is 4.79 Å². The van der Waals surface area contributed by atoms with Gasteiger partial charge in [-0.3, -0.25) is 15.1 Å². The Bertz CT molecular complexity index is 556. The Morgan fingerprint density at radius 2 is 1.85 bits per heavy atom. The molecular formula is C16H19N3O. The lowest BCUT2D eigenvalue weighted by molar-refractivity contribution is -0.124. The summed E-state index contributed by atoms with van der Waals surface area (Å²) in [6, 6.07) is 13.5. The molecule has 0 fully saturated rings. The number of rotatable bonds is 6. The van der Waals surface area contributed by atoms with E-state index in [4.69, 9.17) is 5.73 Å². The highest BCUT2D eigenvalue weighted by molar-refractivity contribution is 5.85. The maximum Gasteiger partial charge on any atom is 0.242 e. The van der Waals surface area contributed by atoms with Crippen LogP contribution in [0.1, 0.15) is 18.1 Å². The number of aromatic nitrogens is 1. The Hall–Kier alpha value is -2.20. The molecule has 1 aromatic carbocycles. The van der Waals surface area contributed by atoms with Crippen LogP contribution in [0.2, 0.25) is 0 Å². The third kappa shape index (κ3) is 3.22. The predicted molar refractivity (Wildman–Crippen MR) is 78.9 cm³/mol. The molecule has 3 N–H and O–H groups in total. The predicted octanol–water partition coefficient (Wildman–Crippen LogP) is 1.61. The molecule has 0 radical (unpaired) electrons. The minimum atomic E-state index is -0.853. The zero-order valence-corrected chi connectivity index (χ0v) is 11.5. The highest BCUT2D eigenvalue weighted by Crippen LogP contribution is 2.20. The molecule has 4 nitrogen and oxygen atoms in total. The molecule has 0 aliphatic rings. The summed E-state index contributed by atoms with van der Waals surface area (Å²) in [7, 11) is 0. The van der Waals surface area contributed by atoms with E-state index in [1.165, 1.54) is 5.56 Å². The normalized spacial score (nSPS) is 13.7. The van der Waals surface area contributed by atoms with Crippen molar-refractivity contribution in [2.24, 2.45) is 5.73 Å². The van der Waals surface area contributed by atoms with E-state index in [1.54, 1.807) is 12.4 Å². The Morgan fingerprint density at radius 3 is 2.45 bits per heavy atom. The molecule has 0 spiro atoms. The summed E-state index contributed by atoms with van der Waals surface area (Å²) in [5.74, 6) is -0.376. The van der Waals surface area contributed by atoms with E-state index in [2.05, 4.69) is 10.3 Å². The lowest BCUT2D eigenvalue weighted by Gasteiger charge is -2.28. The third-order valence-electron chi connectivity index (χ3n) is 3.49. The molecule has 1 heterocycles. The molecule has 0 saturated heterocycles. The molecule has 0 aliphatic carbocycles. The zero-order chi connectivity index (χ0) is 14.4. The van der Waals surface area contributed by atoms with E-state index in [-0.39, 0.29) is 5.91 Å². The maximum atomic E-state index is 11.8. The van der Waals surface area contributed by atoms with Crippen molar-refractivity contribution < 1.29 is 4.79 Å². The number of pyridine rings is 1. The van der Waals surface area contributed by atoms with Gasteiger partial charge in [-0.25, -0.2) is 0 Å². The van der Waals surface area contributed by atoms with Gasteiger partial charge in [0.05, 0.1) is 0 Å². The molecule has 2 aromatic rings. The van der Waals surface area contributed by atoms with Crippen molar-refractivity contribution >= 4 is 5.91 Å². The minimum Gasteiger partial charge on any atom is -0.368 e. The van der Waals surface area contributed by atoms with Crippen LogP contribution in [0, 0.1) is 0 Å². The molecule has 1 aromatic heterocycles. The van der Waals surface area contributed by atoms with E-state index in [0.29, 0.717) is 6.54 Å². The van der Waals surface area contributed by atoms with Gasteiger partial charge >= 0.3 is 0 Å². The number of nitrogens with one attached hydrogen (secondary N) is 1. The number of carbonyl (C=O) groups is 1. The first-order valence-corrected chi connectivity index (χ1v) is 6.62. The summed E-state index contributed by atoms with van der Waals surface area (Å²) in [5, 5.41) is 3.27. The summed E-state index contributed by atoms with van der Waals surface area (Å²) in [5.41, 5.74) is 6.77. The summed E-state index contributed by atoms with van der Waals surface area (Å²) in [6.45, 7) is 2.48. The second-order valence-electron chi connectivity index (χ2n) is 4.89. The van der Waals surface area contributed by atoms with E-state index >= 15 is 0 Å². The maximum absolute atomic E-state index is 11.8. The van der Waals surface area contributed by atoms with Gasteiger partial charge in [0.2, 0.25) is 5.91 Å². The molecule has 0 saturated carbocycles. The second kappa shape index (κ2) is 6.30. The Labute approximate surface area is 119 Å². The van der Waals surface area contributed by atoms with Gasteiger partial charge in [0.1, 0.15) is 5.54 Å². The van der Waals surface area contributed by atoms with Crippen LogP contribution >= 0.6 is 0 Å². The Balaban J connectivity index is 2.05. The lowest BCUT2D eigenvalue weighted by atomic mass is 9.91. The Kier molecular flexibility index (Phi) is 4.48. The van der Waals surface area contributed by atoms with Gasteiger partial charge in [-0.05, 0) is 36.6 Å². The molecule has 20 heavy (non-hydrogen) atoms. The number of hydrogen-bond acceptors (Lipinski definition) is 3. The average molecular weight is 269 g/mol. The fourth-order valence-corrected chi connectivity index (χ4v) is 2.11. The first kappa shape index (κ1) is 14.2. The molecule has 1 amide bonds. The summed E-state index contributed by atoms with van der Waals surface area (Å²) < 4.78 is 0. The number of nitrogens with zero attached hydrogens (tertiary/aromatic N) is 1. The summed E-state index contributed by atoms with van der Waals surface area (Å²) >= 11 is 0. The SMILES string of the molecule is CC(NCCc1ccncc1)(C(N)=O)c1ccccc1. The smallest absolute Gasteiger partial charge is 0.242 e. The van der Waals surface area contributed by atoms with Gasteiger partial charge in [-0.15, -0.1) is 0 Å². The number of hydrogen-bond donors (Lipinski definition) is 2. The standard InChI is InChI=1S/C16H19N3O/c1-16(15(17)20,14-5-3-2-4-6-14)19-12-9-13-7-10-18-11-8-13/h2-8,10-11,19H,9,12H2,1H3,(H2,17,20). The minimum absolute atomic E-state index is 0.376. The highest BCUT2D eigenvalue weighted by atomic mass is 16.1. The molecule has 4 heteroatoms. The van der Waals surface area contributed by atoms with Crippen LogP contribution in [0.5, 0.6) is 0 Å². The van der Waals surface area contributed by atoms with Gasteiger partial charge < -0.3 is 5.73 Å². The molecule has 1 atom stereocenters. The fourth-order valence-electron chi connectivity index (χ4n) is 2.11. The van der Waals surface area contributed by atoms with Crippen LogP contribution in [0.25, 0.3) is 0 Å². The van der Waals surface area contributed by atoms with Crippen LogP contribution in [0.3, 0.4) is 0 Å². The van der Waals surface area contributed by atoms with Crippen molar-refractivity contribution in [2.45, 2.75) is 18.9 Å². The van der Waals surface area contributed by atoms with Crippen LogP contribution in [0.15, 0.2) is 54.9 Å². The third-order valence-corrected chi connectivity index (χ3v) is 3.49. The first-order valence-electron chi connectivity index (χ1n) is 6.62. The van der Waals surface area contributed by atoms with Crippen molar-refractivity contribution in [3.63, 3.8) is 0 Å². The lowest BCUT2D eigenvalue weighted by Crippen LogP contribution is -2.51. The second-order valence-corrected chi connectivity index (χ2v) is 4.89. The van der Waals surface area contributed by atoms with Gasteiger partial charge in [0, 0.05) is 18.9 Å². The van der Waals surface area contributed by atoms with Crippen LogP contribution < -0.4 is 11.1 Å². The average Bonchev–Trinajstić information content (AvgIpc) is 2.49. The van der Waals surface area contributed by atoms with Gasteiger partial charge in [0.25, 0.3) is 0 Å². The molecule has 104 valence electrons. The molecule has 0 aliphatic heterocycles. The van der Waals surface area contributed by atoms with Gasteiger partial charge in [-0.2, -0.15) is 0 Å². The Morgan fingerprint density at radius 1 is 1.20 bits per heavy atom. The topological polar surface area (TPSA) is 68.0 Å². The number of carbonyl (C=O) groups excluding carboxylic acids is 1. The van der Waals surface area contributed by atoms with Crippen molar-refractivity contribution in [3.8, 4) is 0 Å². The van der Waals surface area contributed by atoms with E-state index in [0.717, 1.165) is 12.0 Å². The summed E-state index contributed by atoms with van der Waals surface area (Å²) in [6.07, 6.45) is 4.35. The molecule has 2 rings (SSSR count). The number of primary amides is 1.